The Balaban J connectivity index is 1.36. The molecule has 1 fully saturated rings. The van der Waals surface area contributed by atoms with Crippen molar-refractivity contribution in [1.29, 1.82) is 0 Å². The number of hydrogen-bond donors (Lipinski definition) is 2. The van der Waals surface area contributed by atoms with E-state index in [1.165, 1.54) is 16.7 Å². The first-order chi connectivity index (χ1) is 23.9. The fourth-order valence-corrected chi connectivity index (χ4v) is 6.77. The number of piperidine rings is 1. The second kappa shape index (κ2) is 14.3. The molecule has 15 heteroatoms. The van der Waals surface area contributed by atoms with Gasteiger partial charge in [0.1, 0.15) is 23.0 Å². The van der Waals surface area contributed by atoms with Crippen LogP contribution in [0.1, 0.15) is 65.6 Å². The number of benzene rings is 2. The maximum atomic E-state index is 14.9. The van der Waals surface area contributed by atoms with Gasteiger partial charge in [-0.1, -0.05) is 36.4 Å². The number of aromatic nitrogens is 2. The molecule has 1 saturated heterocycles. The number of furan rings is 1. The first kappa shape index (κ1) is 35.2. The fraction of sp³-hybridized carbons (Fsp3) is 0.400. The van der Waals surface area contributed by atoms with Gasteiger partial charge in [0, 0.05) is 25.1 Å². The summed E-state index contributed by atoms with van der Waals surface area (Å²) in [7, 11) is 0. The molecular weight excluding hydrogens is 667 g/mol. The zero-order valence-electron chi connectivity index (χ0n) is 26.8. The van der Waals surface area contributed by atoms with E-state index < -0.39 is 59.0 Å². The minimum atomic E-state index is -4.61. The van der Waals surface area contributed by atoms with Crippen LogP contribution < -0.4 is 16.6 Å². The van der Waals surface area contributed by atoms with E-state index in [1.807, 2.05) is 4.90 Å². The number of carboxylic acids is 1. The number of carboxylic acid groups (broad SMARTS) is 1. The van der Waals surface area contributed by atoms with Crippen molar-refractivity contribution in [2.24, 2.45) is 0 Å². The quantitative estimate of drug-likeness (QED) is 0.154. The third kappa shape index (κ3) is 7.30. The molecule has 0 amide bonds. The van der Waals surface area contributed by atoms with Gasteiger partial charge in [-0.3, -0.25) is 23.6 Å². The van der Waals surface area contributed by atoms with Crippen LogP contribution in [0.25, 0.3) is 0 Å². The smallest absolute Gasteiger partial charge is 0.449 e. The third-order valence-electron chi connectivity index (χ3n) is 9.36. The predicted molar refractivity (Wildman–Crippen MR) is 169 cm³/mol. The van der Waals surface area contributed by atoms with Crippen molar-refractivity contribution < 1.29 is 41.0 Å². The average molecular weight is 703 g/mol. The highest BCUT2D eigenvalue weighted by molar-refractivity contribution is 5.66. The summed E-state index contributed by atoms with van der Waals surface area (Å²) < 4.78 is 82.5. The lowest BCUT2D eigenvalue weighted by Crippen LogP contribution is -2.50. The lowest BCUT2D eigenvalue weighted by molar-refractivity contribution is -0.153. The zero-order valence-corrected chi connectivity index (χ0v) is 26.8. The van der Waals surface area contributed by atoms with Crippen LogP contribution in [0.4, 0.5) is 22.0 Å². The van der Waals surface area contributed by atoms with Crippen LogP contribution in [-0.4, -0.2) is 44.7 Å². The van der Waals surface area contributed by atoms with Crippen molar-refractivity contribution in [3.05, 3.63) is 127 Å². The summed E-state index contributed by atoms with van der Waals surface area (Å²) in [4.78, 5) is 41.6. The first-order valence-corrected chi connectivity index (χ1v) is 16.2. The van der Waals surface area contributed by atoms with Crippen molar-refractivity contribution in [2.75, 3.05) is 19.6 Å². The molecule has 0 unspecified atom stereocenters. The van der Waals surface area contributed by atoms with Gasteiger partial charge in [0.2, 0.25) is 5.76 Å². The van der Waals surface area contributed by atoms with E-state index in [0.717, 1.165) is 28.3 Å². The summed E-state index contributed by atoms with van der Waals surface area (Å²) in [5.41, 5.74) is -1.79. The SMILES string of the molecule is O=C(O)CCCN[C@@H](Cn1c(=O)c2c(n(Cc3c(F)cccc3F)c1=O)COC21CCN(Cc2ccc(C(F)(F)F)o2)CC1)c1ccccc1. The molecule has 0 bridgehead atoms. The van der Waals surface area contributed by atoms with Gasteiger partial charge in [-0.05, 0) is 55.6 Å². The molecule has 6 rings (SSSR count). The molecule has 10 nitrogen and oxygen atoms in total. The first-order valence-electron chi connectivity index (χ1n) is 16.2. The van der Waals surface area contributed by atoms with Crippen LogP contribution in [0, 0.1) is 11.6 Å². The number of aliphatic carboxylic acids is 1. The van der Waals surface area contributed by atoms with Crippen LogP contribution in [-0.2, 0) is 47.5 Å². The Morgan fingerprint density at radius 1 is 0.940 bits per heavy atom. The van der Waals surface area contributed by atoms with Gasteiger partial charge in [-0.25, -0.2) is 13.6 Å². The molecule has 4 heterocycles. The summed E-state index contributed by atoms with van der Waals surface area (Å²) in [5.74, 6) is -3.65. The highest BCUT2D eigenvalue weighted by Crippen LogP contribution is 2.43. The summed E-state index contributed by atoms with van der Waals surface area (Å²) in [5, 5.41) is 12.3. The molecule has 2 aliphatic heterocycles. The molecule has 50 heavy (non-hydrogen) atoms. The number of alkyl halides is 3. The Hall–Kier alpha value is -4.60. The molecular formula is C35H35F5N4O6. The van der Waals surface area contributed by atoms with E-state index in [4.69, 9.17) is 14.3 Å². The summed E-state index contributed by atoms with van der Waals surface area (Å²) >= 11 is 0. The molecule has 1 spiro atoms. The van der Waals surface area contributed by atoms with Gasteiger partial charge >= 0.3 is 17.8 Å². The Bertz CT molecular complexity index is 1940. The molecule has 2 aromatic carbocycles. The van der Waals surface area contributed by atoms with Crippen molar-refractivity contribution in [3.63, 3.8) is 0 Å². The van der Waals surface area contributed by atoms with Crippen molar-refractivity contribution in [3.8, 4) is 0 Å². The zero-order chi connectivity index (χ0) is 35.6. The minimum absolute atomic E-state index is 0.0887. The monoisotopic (exact) mass is 702 g/mol. The molecule has 0 radical (unpaired) electrons. The van der Waals surface area contributed by atoms with E-state index in [1.54, 1.807) is 30.3 Å². The van der Waals surface area contributed by atoms with Crippen molar-refractivity contribution in [2.45, 2.75) is 69.7 Å². The highest BCUT2D eigenvalue weighted by atomic mass is 19.4. The molecule has 0 aliphatic carbocycles. The molecule has 2 N–H and O–H groups in total. The van der Waals surface area contributed by atoms with E-state index in [9.17, 15) is 36.3 Å². The number of nitrogens with one attached hydrogen (secondary N) is 1. The summed E-state index contributed by atoms with van der Waals surface area (Å²) in [6.07, 6.45) is -3.90. The van der Waals surface area contributed by atoms with Crippen LogP contribution in [0.5, 0.6) is 0 Å². The minimum Gasteiger partial charge on any atom is -0.481 e. The normalized spacial score (nSPS) is 16.5. The summed E-state index contributed by atoms with van der Waals surface area (Å²) in [6.45, 7) is 0.154. The standard InChI is InChI=1S/C35H35F5N4O6/c36-25-8-4-9-26(37)24(25)19-43-28-21-49-34(13-16-42(17-14-34)18-23-11-12-29(50-23)35(38,39)40)31(28)32(47)44(33(43)48)20-27(22-6-2-1-3-7-22)41-15-5-10-30(45)46/h1-4,6-9,11-12,27,41H,5,10,13-21H2,(H,45,46)/t27-/m0/s1. The second-order valence-electron chi connectivity index (χ2n) is 12.5. The largest absolute Gasteiger partial charge is 0.481 e. The predicted octanol–water partition coefficient (Wildman–Crippen LogP) is 5.17. The fourth-order valence-electron chi connectivity index (χ4n) is 6.77. The number of carbonyl (C=O) groups is 1. The maximum absolute atomic E-state index is 14.9. The van der Waals surface area contributed by atoms with Gasteiger partial charge in [-0.2, -0.15) is 13.2 Å². The van der Waals surface area contributed by atoms with E-state index >= 15 is 0 Å². The number of fused-ring (bicyclic) bond motifs is 2. The average Bonchev–Trinajstić information content (AvgIpc) is 3.70. The lowest BCUT2D eigenvalue weighted by Gasteiger charge is -2.38. The molecule has 2 aromatic heterocycles. The molecule has 2 aliphatic rings. The summed E-state index contributed by atoms with van der Waals surface area (Å²) in [6, 6.07) is 13.9. The Kier molecular flexibility index (Phi) is 10.1. The number of nitrogens with zero attached hydrogens (tertiary/aromatic N) is 3. The number of ether oxygens (including phenoxy) is 1. The van der Waals surface area contributed by atoms with Gasteiger partial charge in [-0.15, -0.1) is 0 Å². The Morgan fingerprint density at radius 3 is 2.28 bits per heavy atom. The Morgan fingerprint density at radius 2 is 1.64 bits per heavy atom. The number of halogens is 5. The van der Waals surface area contributed by atoms with Crippen LogP contribution in [0.15, 0.2) is 74.7 Å². The van der Waals surface area contributed by atoms with Gasteiger partial charge in [0.05, 0.1) is 43.5 Å². The molecule has 4 aromatic rings. The van der Waals surface area contributed by atoms with Crippen molar-refractivity contribution in [1.82, 2.24) is 19.4 Å². The Labute approximate surface area is 282 Å². The van der Waals surface area contributed by atoms with Gasteiger partial charge in [0.25, 0.3) is 5.56 Å². The molecule has 1 atom stereocenters. The second-order valence-corrected chi connectivity index (χ2v) is 12.5. The lowest BCUT2D eigenvalue weighted by atomic mass is 9.85. The number of likely N-dealkylation sites (tertiary alicyclic amines) is 1. The van der Waals surface area contributed by atoms with E-state index in [-0.39, 0.29) is 74.5 Å². The number of hydrogen-bond acceptors (Lipinski definition) is 7. The van der Waals surface area contributed by atoms with E-state index in [0.29, 0.717) is 13.1 Å². The topological polar surface area (TPSA) is 119 Å². The highest BCUT2D eigenvalue weighted by Gasteiger charge is 2.47. The van der Waals surface area contributed by atoms with E-state index in [2.05, 4.69) is 5.32 Å². The van der Waals surface area contributed by atoms with Gasteiger partial charge in [0.15, 0.2) is 0 Å². The van der Waals surface area contributed by atoms with Crippen LogP contribution in [0.3, 0.4) is 0 Å². The maximum Gasteiger partial charge on any atom is 0.449 e. The molecule has 266 valence electrons. The molecule has 0 saturated carbocycles. The third-order valence-corrected chi connectivity index (χ3v) is 9.36. The van der Waals surface area contributed by atoms with Crippen LogP contribution in [0.2, 0.25) is 0 Å². The van der Waals surface area contributed by atoms with Gasteiger partial charge < -0.3 is 19.6 Å². The van der Waals surface area contributed by atoms with Crippen LogP contribution >= 0.6 is 0 Å². The number of rotatable bonds is 12. The van der Waals surface area contributed by atoms with Crippen molar-refractivity contribution >= 4 is 5.97 Å².